The molecule has 1 aliphatic heterocycles. The number of esters is 1. The number of carbonyl (C=O) groups excluding carboxylic acids is 1. The lowest BCUT2D eigenvalue weighted by atomic mass is 10.1. The minimum atomic E-state index is -3.92. The van der Waals surface area contributed by atoms with Gasteiger partial charge in [-0.2, -0.15) is 9.29 Å². The van der Waals surface area contributed by atoms with Crippen molar-refractivity contribution in [3.05, 3.63) is 48.7 Å². The van der Waals surface area contributed by atoms with E-state index in [0.717, 1.165) is 31.0 Å². The van der Waals surface area contributed by atoms with Crippen molar-refractivity contribution in [1.82, 2.24) is 9.29 Å². The number of likely N-dealkylation sites (N-methyl/N-ethyl adjacent to an activating group) is 1. The van der Waals surface area contributed by atoms with Gasteiger partial charge in [-0.05, 0) is 51.6 Å². The largest absolute Gasteiger partial charge is 0.457 e. The van der Waals surface area contributed by atoms with Gasteiger partial charge in [-0.1, -0.05) is 38.0 Å². The van der Waals surface area contributed by atoms with Gasteiger partial charge in [0.15, 0.2) is 5.03 Å². The number of rotatable bonds is 8. The molecule has 0 radical (unpaired) electrons. The average Bonchev–Trinajstić information content (AvgIpc) is 2.90. The predicted molar refractivity (Wildman–Crippen MR) is 143 cm³/mol. The van der Waals surface area contributed by atoms with Crippen LogP contribution in [0.1, 0.15) is 47.0 Å². The third-order valence-electron chi connectivity index (χ3n) is 5.69. The van der Waals surface area contributed by atoms with E-state index in [1.165, 1.54) is 22.3 Å². The molecule has 8 nitrogen and oxygen atoms in total. The molecule has 2 aromatic rings. The molecule has 1 unspecified atom stereocenters. The molecule has 1 aromatic carbocycles. The van der Waals surface area contributed by atoms with Gasteiger partial charge >= 0.3 is 5.97 Å². The van der Waals surface area contributed by atoms with Crippen LogP contribution in [0.4, 0.5) is 11.4 Å². The zero-order valence-electron chi connectivity index (χ0n) is 21.7. The number of sulfonamides is 1. The summed E-state index contributed by atoms with van der Waals surface area (Å²) in [6, 6.07) is 11.3. The number of fused-ring (bicyclic) bond motifs is 1. The fraction of sp³-hybridized carbons (Fsp3) is 0.462. The maximum atomic E-state index is 13.7. The summed E-state index contributed by atoms with van der Waals surface area (Å²) in [7, 11) is -2.30. The van der Waals surface area contributed by atoms with Gasteiger partial charge in [-0.3, -0.25) is 0 Å². The molecule has 10 heteroatoms. The van der Waals surface area contributed by atoms with Crippen LogP contribution in [0, 0.1) is 0 Å². The first-order chi connectivity index (χ1) is 17.0. The van der Waals surface area contributed by atoms with Gasteiger partial charge in [0.05, 0.1) is 16.7 Å². The van der Waals surface area contributed by atoms with Crippen LogP contribution in [0.25, 0.3) is 0 Å². The highest BCUT2D eigenvalue weighted by Gasteiger charge is 2.38. The maximum absolute atomic E-state index is 13.7. The van der Waals surface area contributed by atoms with Crippen molar-refractivity contribution in [2.45, 2.75) is 68.5 Å². The van der Waals surface area contributed by atoms with Gasteiger partial charge in [0.25, 0.3) is 10.0 Å². The van der Waals surface area contributed by atoms with Crippen molar-refractivity contribution in [2.24, 2.45) is 0 Å². The van der Waals surface area contributed by atoms with Crippen molar-refractivity contribution in [3.63, 3.8) is 0 Å². The lowest BCUT2D eigenvalue weighted by Gasteiger charge is -2.29. The van der Waals surface area contributed by atoms with Gasteiger partial charge < -0.3 is 14.4 Å². The highest BCUT2D eigenvalue weighted by molar-refractivity contribution is 7.98. The predicted octanol–water partition coefficient (Wildman–Crippen LogP) is 5.37. The molecule has 0 saturated carbocycles. The summed E-state index contributed by atoms with van der Waals surface area (Å²) >= 11 is 1.38. The average molecular weight is 534 g/mol. The fourth-order valence-electron chi connectivity index (χ4n) is 3.88. The van der Waals surface area contributed by atoms with Gasteiger partial charge in [0.1, 0.15) is 11.9 Å². The van der Waals surface area contributed by atoms with Crippen LogP contribution >= 0.6 is 11.8 Å². The monoisotopic (exact) mass is 533 g/mol. The molecular weight excluding hydrogens is 498 g/mol. The Bertz CT molecular complexity index is 1190. The zero-order valence-corrected chi connectivity index (χ0v) is 23.4. The Hall–Kier alpha value is -2.56. The van der Waals surface area contributed by atoms with Gasteiger partial charge in [-0.25, -0.2) is 13.2 Å². The second-order valence-corrected chi connectivity index (χ2v) is 12.3. The summed E-state index contributed by atoms with van der Waals surface area (Å²) in [5.41, 5.74) is 0.750. The fourth-order valence-corrected chi connectivity index (χ4v) is 5.84. The molecule has 1 atom stereocenters. The van der Waals surface area contributed by atoms with Gasteiger partial charge in [0.2, 0.25) is 5.88 Å². The van der Waals surface area contributed by atoms with Gasteiger partial charge in [0, 0.05) is 25.3 Å². The van der Waals surface area contributed by atoms with Crippen LogP contribution in [0.15, 0.2) is 58.7 Å². The third kappa shape index (κ3) is 6.60. The number of hydrogen-bond acceptors (Lipinski definition) is 8. The zero-order chi connectivity index (χ0) is 26.5. The molecular formula is C26H35N3O5S2. The molecule has 36 heavy (non-hydrogen) atoms. The molecule has 1 aromatic heterocycles. The Morgan fingerprint density at radius 1 is 1.25 bits per heavy atom. The number of anilines is 2. The number of aromatic nitrogens is 1. The number of ether oxygens (including phenoxy) is 2. The number of pyridine rings is 1. The Morgan fingerprint density at radius 3 is 2.56 bits per heavy atom. The lowest BCUT2D eigenvalue weighted by Crippen LogP contribution is -2.40. The minimum absolute atomic E-state index is 0.0775. The summed E-state index contributed by atoms with van der Waals surface area (Å²) in [6.07, 6.45) is 6.81. The topological polar surface area (TPSA) is 89.0 Å². The normalized spacial score (nSPS) is 18.1. The quantitative estimate of drug-likeness (QED) is 0.194. The Morgan fingerprint density at radius 2 is 1.94 bits per heavy atom. The number of thioether (sulfide) groups is 1. The number of para-hydroxylation sites is 1. The van der Waals surface area contributed by atoms with E-state index in [9.17, 15) is 13.2 Å². The number of nitrogens with zero attached hydrogens (tertiary/aromatic N) is 3. The third-order valence-corrected chi connectivity index (χ3v) is 8.27. The van der Waals surface area contributed by atoms with Crippen LogP contribution in [0.5, 0.6) is 5.88 Å². The smallest absolute Gasteiger partial charge is 0.334 e. The van der Waals surface area contributed by atoms with E-state index in [2.05, 4.69) is 11.9 Å². The molecule has 0 fully saturated rings. The first-order valence-electron chi connectivity index (χ1n) is 11.9. The van der Waals surface area contributed by atoms with Crippen molar-refractivity contribution in [3.8, 4) is 5.88 Å². The van der Waals surface area contributed by atoms with Crippen LogP contribution in [-0.4, -0.2) is 55.2 Å². The molecule has 196 valence electrons. The van der Waals surface area contributed by atoms with Crippen LogP contribution < -0.4 is 9.64 Å². The van der Waals surface area contributed by atoms with E-state index in [1.54, 1.807) is 33.9 Å². The maximum Gasteiger partial charge on any atom is 0.334 e. The molecule has 0 spiro atoms. The summed E-state index contributed by atoms with van der Waals surface area (Å²) in [5.74, 6) is -0.456. The number of unbranched alkanes of at least 4 members (excludes halogenated alkanes) is 1. The minimum Gasteiger partial charge on any atom is -0.457 e. The van der Waals surface area contributed by atoms with Crippen LogP contribution in [-0.2, 0) is 19.6 Å². The molecule has 0 N–H and O–H groups in total. The summed E-state index contributed by atoms with van der Waals surface area (Å²) < 4.78 is 39.8. The van der Waals surface area contributed by atoms with Crippen LogP contribution in [0.3, 0.4) is 0 Å². The molecule has 0 amide bonds. The van der Waals surface area contributed by atoms with E-state index in [4.69, 9.17) is 9.47 Å². The second kappa shape index (κ2) is 11.7. The van der Waals surface area contributed by atoms with E-state index in [1.807, 2.05) is 41.5 Å². The van der Waals surface area contributed by atoms with E-state index in [0.29, 0.717) is 17.1 Å². The molecule has 1 aliphatic rings. The molecule has 0 bridgehead atoms. The second-order valence-electron chi connectivity index (χ2n) is 9.54. The Labute approximate surface area is 218 Å². The van der Waals surface area contributed by atoms with Crippen molar-refractivity contribution in [1.29, 1.82) is 0 Å². The number of carbonyl (C=O) groups is 1. The van der Waals surface area contributed by atoms with E-state index in [-0.39, 0.29) is 16.9 Å². The standard InChI is InChI=1S/C26H35N3O5S2/c1-7-8-12-20-18-29(19-13-10-9-11-14-19)21-17-22(35-6)24(27-25(21)36(31,32)28(20)5)33-16-15-23(30)34-26(2,3)4/h9-11,13-17,20H,7-8,12,18H2,1-6H3/b16-15+. The first kappa shape index (κ1) is 28.0. The highest BCUT2D eigenvalue weighted by Crippen LogP contribution is 2.41. The Balaban J connectivity index is 2.08. The SMILES string of the molecule is CCCCC1CN(c2ccccc2)c2cc(SC)c(O/C=C/C(=O)OC(C)(C)C)nc2S(=O)(=O)N1C. The van der Waals surface area contributed by atoms with Crippen LogP contribution in [0.2, 0.25) is 0 Å². The summed E-state index contributed by atoms with van der Waals surface area (Å²) in [4.78, 5) is 19.2. The van der Waals surface area contributed by atoms with E-state index >= 15 is 0 Å². The van der Waals surface area contributed by atoms with Crippen molar-refractivity contribution in [2.75, 3.05) is 24.7 Å². The van der Waals surface area contributed by atoms with E-state index < -0.39 is 21.6 Å². The molecule has 0 aliphatic carbocycles. The molecule has 0 saturated heterocycles. The number of hydrogen-bond donors (Lipinski definition) is 0. The molecule has 3 rings (SSSR count). The van der Waals surface area contributed by atoms with Crippen molar-refractivity contribution < 1.29 is 22.7 Å². The van der Waals surface area contributed by atoms with Gasteiger partial charge in [-0.15, -0.1) is 11.8 Å². The number of benzene rings is 1. The Kier molecular flexibility index (Phi) is 9.08. The first-order valence-corrected chi connectivity index (χ1v) is 14.6. The lowest BCUT2D eigenvalue weighted by molar-refractivity contribution is -0.148. The molecule has 2 heterocycles. The van der Waals surface area contributed by atoms with Crippen molar-refractivity contribution >= 4 is 39.1 Å². The highest BCUT2D eigenvalue weighted by atomic mass is 32.2. The summed E-state index contributed by atoms with van der Waals surface area (Å²) in [6.45, 7) is 7.91. The summed E-state index contributed by atoms with van der Waals surface area (Å²) in [5, 5.41) is -0.0775.